The molecule has 4 nitrogen and oxygen atoms in total. The quantitative estimate of drug-likeness (QED) is 0.800. The Balaban J connectivity index is 2.20. The van der Waals surface area contributed by atoms with Crippen molar-refractivity contribution in [3.05, 3.63) is 29.0 Å². The second-order valence-corrected chi connectivity index (χ2v) is 6.01. The summed E-state index contributed by atoms with van der Waals surface area (Å²) < 4.78 is 8.00. The topological polar surface area (TPSA) is 44.1 Å². The molecule has 0 unspecified atom stereocenters. The van der Waals surface area contributed by atoms with Crippen LogP contribution in [0.4, 0.5) is 0 Å². The van der Waals surface area contributed by atoms with Crippen molar-refractivity contribution in [2.24, 2.45) is 0 Å². The summed E-state index contributed by atoms with van der Waals surface area (Å²) in [5, 5.41) is 0.993. The van der Waals surface area contributed by atoms with Gasteiger partial charge in [-0.2, -0.15) is 0 Å². The average molecular weight is 311 g/mol. The summed E-state index contributed by atoms with van der Waals surface area (Å²) in [4.78, 5) is 16.1. The summed E-state index contributed by atoms with van der Waals surface area (Å²) in [6.07, 6.45) is 3.56. The number of fused-ring (bicyclic) bond motifs is 1. The van der Waals surface area contributed by atoms with Crippen molar-refractivity contribution in [2.45, 2.75) is 32.9 Å². The normalized spacial score (nSPS) is 11.8. The van der Waals surface area contributed by atoms with Gasteiger partial charge in [0, 0.05) is 22.3 Å². The summed E-state index contributed by atoms with van der Waals surface area (Å²) in [6, 6.07) is 3.89. The summed E-state index contributed by atoms with van der Waals surface area (Å²) in [5.41, 5.74) is 0.320. The minimum Gasteiger partial charge on any atom is -0.459 e. The first-order valence-corrected chi connectivity index (χ1v) is 6.47. The third kappa shape index (κ3) is 3.10. The number of hydrogen-bond donors (Lipinski definition) is 0. The maximum atomic E-state index is 11.8. The number of ether oxygens (including phenoxy) is 1. The Morgan fingerprint density at radius 2 is 2.22 bits per heavy atom. The molecular formula is C13H15BrN2O2. The van der Waals surface area contributed by atoms with Crippen molar-refractivity contribution in [2.75, 3.05) is 0 Å². The first-order valence-electron chi connectivity index (χ1n) is 5.67. The predicted molar refractivity (Wildman–Crippen MR) is 73.3 cm³/mol. The van der Waals surface area contributed by atoms with Crippen LogP contribution < -0.4 is 0 Å². The molecule has 0 amide bonds. The van der Waals surface area contributed by atoms with Gasteiger partial charge in [0.05, 0.1) is 0 Å². The Kier molecular flexibility index (Phi) is 3.43. The molecule has 0 saturated carbocycles. The van der Waals surface area contributed by atoms with Gasteiger partial charge in [0.1, 0.15) is 17.8 Å². The van der Waals surface area contributed by atoms with Gasteiger partial charge in [0.15, 0.2) is 0 Å². The van der Waals surface area contributed by atoms with Gasteiger partial charge in [-0.15, -0.1) is 0 Å². The minimum absolute atomic E-state index is 0.176. The SMILES string of the molecule is CC(C)(C)OC(=O)Cn1ccc2cc(Br)cnc21. The van der Waals surface area contributed by atoms with Gasteiger partial charge in [-0.3, -0.25) is 4.79 Å². The fourth-order valence-corrected chi connectivity index (χ4v) is 2.04. The van der Waals surface area contributed by atoms with E-state index in [1.54, 1.807) is 10.8 Å². The molecule has 0 aliphatic carbocycles. The third-order valence-corrected chi connectivity index (χ3v) is 2.72. The van der Waals surface area contributed by atoms with E-state index in [4.69, 9.17) is 4.74 Å². The highest BCUT2D eigenvalue weighted by atomic mass is 79.9. The van der Waals surface area contributed by atoms with Crippen LogP contribution in [0.2, 0.25) is 0 Å². The number of hydrogen-bond acceptors (Lipinski definition) is 3. The number of carbonyl (C=O) groups excluding carboxylic acids is 1. The Bertz CT molecular complexity index is 584. The smallest absolute Gasteiger partial charge is 0.326 e. The molecule has 2 heterocycles. The van der Waals surface area contributed by atoms with Gasteiger partial charge in [-0.05, 0) is 48.8 Å². The Morgan fingerprint density at radius 1 is 1.50 bits per heavy atom. The molecule has 0 aliphatic rings. The van der Waals surface area contributed by atoms with Crippen molar-refractivity contribution in [3.8, 4) is 0 Å². The second kappa shape index (κ2) is 4.72. The molecule has 0 aliphatic heterocycles. The second-order valence-electron chi connectivity index (χ2n) is 5.10. The molecule has 96 valence electrons. The lowest BCUT2D eigenvalue weighted by Crippen LogP contribution is -2.26. The fraction of sp³-hybridized carbons (Fsp3) is 0.385. The van der Waals surface area contributed by atoms with Crippen molar-refractivity contribution in [1.29, 1.82) is 0 Å². The molecule has 0 radical (unpaired) electrons. The molecule has 0 bridgehead atoms. The van der Waals surface area contributed by atoms with E-state index in [1.807, 2.05) is 39.1 Å². The molecule has 0 saturated heterocycles. The van der Waals surface area contributed by atoms with Gasteiger partial charge in [0.2, 0.25) is 0 Å². The van der Waals surface area contributed by atoms with Gasteiger partial charge in [-0.1, -0.05) is 0 Å². The molecule has 2 aromatic rings. The van der Waals surface area contributed by atoms with Gasteiger partial charge < -0.3 is 9.30 Å². The highest BCUT2D eigenvalue weighted by Crippen LogP contribution is 2.18. The highest BCUT2D eigenvalue weighted by molar-refractivity contribution is 9.10. The van der Waals surface area contributed by atoms with Crippen LogP contribution >= 0.6 is 15.9 Å². The van der Waals surface area contributed by atoms with Gasteiger partial charge in [0.25, 0.3) is 0 Å². The number of aromatic nitrogens is 2. The van der Waals surface area contributed by atoms with Crippen LogP contribution in [0.15, 0.2) is 29.0 Å². The zero-order valence-corrected chi connectivity index (χ0v) is 12.2. The first kappa shape index (κ1) is 13.1. The van der Waals surface area contributed by atoms with E-state index in [0.29, 0.717) is 0 Å². The summed E-state index contributed by atoms with van der Waals surface area (Å²) in [5.74, 6) is -0.260. The van der Waals surface area contributed by atoms with Crippen LogP contribution in [0.25, 0.3) is 11.0 Å². The Hall–Kier alpha value is -1.36. The van der Waals surface area contributed by atoms with Crippen molar-refractivity contribution in [1.82, 2.24) is 9.55 Å². The maximum absolute atomic E-state index is 11.8. The molecular weight excluding hydrogens is 296 g/mol. The van der Waals surface area contributed by atoms with Crippen LogP contribution in [0.3, 0.4) is 0 Å². The monoisotopic (exact) mass is 310 g/mol. The first-order chi connectivity index (χ1) is 8.35. The van der Waals surface area contributed by atoms with Crippen molar-refractivity contribution in [3.63, 3.8) is 0 Å². The van der Waals surface area contributed by atoms with Crippen LogP contribution in [-0.4, -0.2) is 21.1 Å². The van der Waals surface area contributed by atoms with E-state index < -0.39 is 5.60 Å². The van der Waals surface area contributed by atoms with E-state index in [2.05, 4.69) is 20.9 Å². The van der Waals surface area contributed by atoms with Crippen molar-refractivity contribution >= 4 is 32.9 Å². The van der Waals surface area contributed by atoms with Gasteiger partial charge >= 0.3 is 5.97 Å². The van der Waals surface area contributed by atoms with Crippen LogP contribution in [0.1, 0.15) is 20.8 Å². The predicted octanol–water partition coefficient (Wildman–Crippen LogP) is 3.14. The van der Waals surface area contributed by atoms with Crippen LogP contribution in [0.5, 0.6) is 0 Å². The highest BCUT2D eigenvalue weighted by Gasteiger charge is 2.17. The van der Waals surface area contributed by atoms with Crippen LogP contribution in [0, 0.1) is 0 Å². The zero-order chi connectivity index (χ0) is 13.3. The zero-order valence-electron chi connectivity index (χ0n) is 10.6. The number of rotatable bonds is 2. The van der Waals surface area contributed by atoms with E-state index in [-0.39, 0.29) is 12.5 Å². The molecule has 0 fully saturated rings. The molecule has 2 rings (SSSR count). The molecule has 2 aromatic heterocycles. The lowest BCUT2D eigenvalue weighted by atomic mass is 10.2. The van der Waals surface area contributed by atoms with E-state index in [1.165, 1.54) is 0 Å². The minimum atomic E-state index is -0.462. The lowest BCUT2D eigenvalue weighted by Gasteiger charge is -2.19. The molecule has 0 N–H and O–H groups in total. The van der Waals surface area contributed by atoms with E-state index in [9.17, 15) is 4.79 Å². The summed E-state index contributed by atoms with van der Waals surface area (Å²) in [6.45, 7) is 5.74. The molecule has 0 aromatic carbocycles. The average Bonchev–Trinajstić information content (AvgIpc) is 2.57. The maximum Gasteiger partial charge on any atom is 0.326 e. The number of esters is 1. The molecule has 0 atom stereocenters. The number of halogens is 1. The Morgan fingerprint density at radius 3 is 2.89 bits per heavy atom. The fourth-order valence-electron chi connectivity index (χ4n) is 1.69. The van der Waals surface area contributed by atoms with E-state index in [0.717, 1.165) is 15.5 Å². The standard InChI is InChI=1S/C13H15BrN2O2/c1-13(2,3)18-11(17)8-16-5-4-9-6-10(14)7-15-12(9)16/h4-7H,8H2,1-3H3. The number of pyridine rings is 1. The van der Waals surface area contributed by atoms with Gasteiger partial charge in [-0.25, -0.2) is 4.98 Å². The molecule has 0 spiro atoms. The van der Waals surface area contributed by atoms with Crippen LogP contribution in [-0.2, 0) is 16.1 Å². The number of carbonyl (C=O) groups is 1. The molecule has 5 heteroatoms. The number of nitrogens with zero attached hydrogens (tertiary/aromatic N) is 2. The Labute approximate surface area is 114 Å². The molecule has 18 heavy (non-hydrogen) atoms. The largest absolute Gasteiger partial charge is 0.459 e. The lowest BCUT2D eigenvalue weighted by molar-refractivity contribution is -0.155. The summed E-state index contributed by atoms with van der Waals surface area (Å²) >= 11 is 3.37. The van der Waals surface area contributed by atoms with E-state index >= 15 is 0 Å². The summed E-state index contributed by atoms with van der Waals surface area (Å²) in [7, 11) is 0. The third-order valence-electron chi connectivity index (χ3n) is 2.29. The van der Waals surface area contributed by atoms with Crippen molar-refractivity contribution < 1.29 is 9.53 Å².